The van der Waals surface area contributed by atoms with Crippen molar-refractivity contribution < 1.29 is 14.3 Å². The number of aryl methyl sites for hydroxylation is 1. The third kappa shape index (κ3) is 7.16. The molecule has 3 amide bonds. The Morgan fingerprint density at radius 2 is 1.83 bits per heavy atom. The molecule has 3 aromatic rings. The lowest BCUT2D eigenvalue weighted by atomic mass is 10.2. The van der Waals surface area contributed by atoms with Gasteiger partial charge in [0.2, 0.25) is 5.91 Å². The fourth-order valence-corrected chi connectivity index (χ4v) is 5.35. The lowest BCUT2D eigenvalue weighted by Gasteiger charge is -2.29. The summed E-state index contributed by atoms with van der Waals surface area (Å²) in [4.78, 5) is 31.5. The first-order chi connectivity index (χ1) is 17.0. The number of nitrogens with zero attached hydrogens (tertiary/aromatic N) is 2. The Bertz CT molecular complexity index is 1130. The number of carbonyl (C=O) groups excluding carboxylic acids is 2. The Balaban J connectivity index is 1.52. The van der Waals surface area contributed by atoms with Crippen LogP contribution < -0.4 is 5.32 Å². The van der Waals surface area contributed by atoms with Gasteiger partial charge in [-0.25, -0.2) is 4.79 Å². The molecule has 0 aliphatic carbocycles. The van der Waals surface area contributed by atoms with Gasteiger partial charge in [0.25, 0.3) is 0 Å². The zero-order valence-corrected chi connectivity index (χ0v) is 22.2. The van der Waals surface area contributed by atoms with E-state index in [4.69, 9.17) is 4.74 Å². The number of thiophene rings is 1. The number of benzene rings is 2. The van der Waals surface area contributed by atoms with Crippen molar-refractivity contribution in [2.75, 3.05) is 25.0 Å². The number of hydrogen-bond donors (Lipinski definition) is 1. The summed E-state index contributed by atoms with van der Waals surface area (Å²) in [6, 6.07) is 19.2. The van der Waals surface area contributed by atoms with Crippen LogP contribution in [0.5, 0.6) is 0 Å². The van der Waals surface area contributed by atoms with Gasteiger partial charge in [-0.05, 0) is 70.4 Å². The third-order valence-corrected chi connectivity index (χ3v) is 7.75. The SMILES string of the molecule is Cc1ccsc1CN(Cc1ccccc1)C(=O)CN(CC1CCCO1)C(=O)Nc1ccccc1Br. The van der Waals surface area contributed by atoms with Gasteiger partial charge in [0.15, 0.2) is 0 Å². The fourth-order valence-electron chi connectivity index (χ4n) is 4.05. The summed E-state index contributed by atoms with van der Waals surface area (Å²) in [5, 5.41) is 5.00. The molecule has 1 unspecified atom stereocenters. The van der Waals surface area contributed by atoms with Crippen molar-refractivity contribution in [1.82, 2.24) is 9.80 Å². The predicted octanol–water partition coefficient (Wildman–Crippen LogP) is 6.06. The molecule has 2 aromatic carbocycles. The third-order valence-electron chi connectivity index (χ3n) is 6.05. The zero-order chi connectivity index (χ0) is 24.6. The summed E-state index contributed by atoms with van der Waals surface area (Å²) in [6.07, 6.45) is 1.79. The highest BCUT2D eigenvalue weighted by molar-refractivity contribution is 9.10. The van der Waals surface area contributed by atoms with E-state index >= 15 is 0 Å². The number of anilines is 1. The highest BCUT2D eigenvalue weighted by Gasteiger charge is 2.27. The molecule has 8 heteroatoms. The second-order valence-electron chi connectivity index (χ2n) is 8.69. The minimum atomic E-state index is -0.312. The van der Waals surface area contributed by atoms with Crippen LogP contribution >= 0.6 is 27.3 Å². The van der Waals surface area contributed by atoms with E-state index in [2.05, 4.69) is 34.2 Å². The first kappa shape index (κ1) is 25.4. The molecule has 1 aliphatic heterocycles. The van der Waals surface area contributed by atoms with Crippen LogP contribution in [0.2, 0.25) is 0 Å². The lowest BCUT2D eigenvalue weighted by molar-refractivity contribution is -0.133. The minimum absolute atomic E-state index is 0.0204. The van der Waals surface area contributed by atoms with Crippen molar-refractivity contribution in [2.45, 2.75) is 39.0 Å². The standard InChI is InChI=1S/C27H30BrN3O3S/c1-20-13-15-35-25(20)18-30(16-21-8-3-2-4-9-21)26(32)19-31(17-22-10-7-14-34-22)27(33)29-24-12-6-5-11-23(24)28/h2-6,8-9,11-13,15,22H,7,10,14,16-19H2,1H3,(H,29,33). The minimum Gasteiger partial charge on any atom is -0.376 e. The lowest BCUT2D eigenvalue weighted by Crippen LogP contribution is -2.46. The molecule has 6 nitrogen and oxygen atoms in total. The van der Waals surface area contributed by atoms with E-state index in [9.17, 15) is 9.59 Å². The van der Waals surface area contributed by atoms with Crippen LogP contribution in [0, 0.1) is 6.92 Å². The number of carbonyl (C=O) groups is 2. The van der Waals surface area contributed by atoms with Gasteiger partial charge in [-0.2, -0.15) is 0 Å². The Hall–Kier alpha value is -2.68. The fraction of sp³-hybridized carbons (Fsp3) is 0.333. The van der Waals surface area contributed by atoms with Gasteiger partial charge in [-0.15, -0.1) is 11.3 Å². The van der Waals surface area contributed by atoms with Gasteiger partial charge in [-0.1, -0.05) is 42.5 Å². The van der Waals surface area contributed by atoms with Gasteiger partial charge in [0, 0.05) is 29.0 Å². The first-order valence-corrected chi connectivity index (χ1v) is 13.4. The average Bonchev–Trinajstić information content (AvgIpc) is 3.52. The molecule has 1 N–H and O–H groups in total. The Kier molecular flexibility index (Phi) is 8.95. The van der Waals surface area contributed by atoms with E-state index in [1.54, 1.807) is 16.2 Å². The van der Waals surface area contributed by atoms with Crippen LogP contribution in [-0.4, -0.2) is 47.5 Å². The molecule has 0 saturated carbocycles. The second kappa shape index (κ2) is 12.3. The molecule has 1 fully saturated rings. The first-order valence-electron chi connectivity index (χ1n) is 11.8. The maximum absolute atomic E-state index is 13.7. The van der Waals surface area contributed by atoms with Crippen molar-refractivity contribution >= 4 is 44.9 Å². The number of para-hydroxylation sites is 1. The van der Waals surface area contributed by atoms with E-state index < -0.39 is 0 Å². The summed E-state index contributed by atoms with van der Waals surface area (Å²) in [6.45, 7) is 4.10. The Morgan fingerprint density at radius 1 is 1.06 bits per heavy atom. The van der Waals surface area contributed by atoms with E-state index in [1.165, 1.54) is 5.56 Å². The van der Waals surface area contributed by atoms with E-state index in [1.807, 2.05) is 64.9 Å². The zero-order valence-electron chi connectivity index (χ0n) is 19.8. The smallest absolute Gasteiger partial charge is 0.322 e. The molecule has 0 radical (unpaired) electrons. The Labute approximate surface area is 219 Å². The van der Waals surface area contributed by atoms with Crippen LogP contribution in [0.3, 0.4) is 0 Å². The van der Waals surface area contributed by atoms with Crippen molar-refractivity contribution in [3.63, 3.8) is 0 Å². The number of rotatable bonds is 9. The van der Waals surface area contributed by atoms with Gasteiger partial charge in [-0.3, -0.25) is 4.79 Å². The highest BCUT2D eigenvalue weighted by atomic mass is 79.9. The van der Waals surface area contributed by atoms with Gasteiger partial charge in [0.05, 0.1) is 18.3 Å². The van der Waals surface area contributed by atoms with Crippen LogP contribution in [0.25, 0.3) is 0 Å². The van der Waals surface area contributed by atoms with Crippen molar-refractivity contribution in [3.8, 4) is 0 Å². The van der Waals surface area contributed by atoms with Crippen LogP contribution in [0.4, 0.5) is 10.5 Å². The summed E-state index contributed by atoms with van der Waals surface area (Å²) in [5.41, 5.74) is 2.89. The molecular formula is C27H30BrN3O3S. The van der Waals surface area contributed by atoms with Crippen molar-refractivity contribution in [1.29, 1.82) is 0 Å². The van der Waals surface area contributed by atoms with E-state index in [0.717, 1.165) is 27.8 Å². The number of hydrogen-bond acceptors (Lipinski definition) is 4. The Morgan fingerprint density at radius 3 is 2.51 bits per heavy atom. The largest absolute Gasteiger partial charge is 0.376 e. The monoisotopic (exact) mass is 555 g/mol. The summed E-state index contributed by atoms with van der Waals surface area (Å²) in [5.74, 6) is -0.0954. The maximum Gasteiger partial charge on any atom is 0.322 e. The molecule has 0 bridgehead atoms. The van der Waals surface area contributed by atoms with Crippen LogP contribution in [-0.2, 0) is 22.6 Å². The van der Waals surface area contributed by atoms with E-state index in [0.29, 0.717) is 31.9 Å². The molecule has 1 aliphatic rings. The number of halogens is 1. The second-order valence-corrected chi connectivity index (χ2v) is 10.5. The van der Waals surface area contributed by atoms with Crippen molar-refractivity contribution in [2.24, 2.45) is 0 Å². The molecule has 1 aromatic heterocycles. The van der Waals surface area contributed by atoms with Gasteiger partial charge >= 0.3 is 6.03 Å². The molecule has 35 heavy (non-hydrogen) atoms. The molecule has 2 heterocycles. The molecule has 184 valence electrons. The topological polar surface area (TPSA) is 61.9 Å². The number of urea groups is 1. The maximum atomic E-state index is 13.7. The molecular weight excluding hydrogens is 526 g/mol. The average molecular weight is 557 g/mol. The summed E-state index contributed by atoms with van der Waals surface area (Å²) >= 11 is 5.13. The summed E-state index contributed by atoms with van der Waals surface area (Å²) in [7, 11) is 0. The predicted molar refractivity (Wildman–Crippen MR) is 143 cm³/mol. The van der Waals surface area contributed by atoms with Crippen LogP contribution in [0.15, 0.2) is 70.5 Å². The van der Waals surface area contributed by atoms with E-state index in [-0.39, 0.29) is 24.6 Å². The quantitative estimate of drug-likeness (QED) is 0.349. The van der Waals surface area contributed by atoms with Crippen molar-refractivity contribution in [3.05, 3.63) is 86.5 Å². The van der Waals surface area contributed by atoms with Gasteiger partial charge < -0.3 is 19.9 Å². The molecule has 4 rings (SSSR count). The number of nitrogens with one attached hydrogen (secondary N) is 1. The van der Waals surface area contributed by atoms with Gasteiger partial charge in [0.1, 0.15) is 6.54 Å². The normalized spacial score (nSPS) is 15.1. The number of ether oxygens (including phenoxy) is 1. The molecule has 1 saturated heterocycles. The highest BCUT2D eigenvalue weighted by Crippen LogP contribution is 2.23. The number of amides is 3. The summed E-state index contributed by atoms with van der Waals surface area (Å²) < 4.78 is 6.58. The van der Waals surface area contributed by atoms with Crippen LogP contribution in [0.1, 0.15) is 28.8 Å². The molecule has 0 spiro atoms. The molecule has 1 atom stereocenters.